The van der Waals surface area contributed by atoms with Crippen LogP contribution in [-0.2, 0) is 4.79 Å². The Morgan fingerprint density at radius 2 is 2.18 bits per heavy atom. The number of piperazine rings is 1. The quantitative estimate of drug-likeness (QED) is 0.692. The molecule has 0 aromatic carbocycles. The average Bonchev–Trinajstić information content (AvgIpc) is 2.30. The molecule has 0 spiro atoms. The molecule has 0 aromatic heterocycles. The van der Waals surface area contributed by atoms with Crippen LogP contribution in [0.4, 0.5) is 0 Å². The van der Waals surface area contributed by atoms with Crippen molar-refractivity contribution < 1.29 is 9.90 Å². The standard InChI is InChI=1S/C12H25N3O2/c1-4-10-8-15(7-6-14(10)3)9-11(12(16)17)13-5-2/h10-11,13H,4-9H2,1-3H3,(H,16,17). The van der Waals surface area contributed by atoms with Gasteiger partial charge in [-0.05, 0) is 20.0 Å². The van der Waals surface area contributed by atoms with Crippen LogP contribution in [-0.4, -0.2) is 72.7 Å². The Bertz CT molecular complexity index is 248. The number of nitrogens with one attached hydrogen (secondary N) is 1. The predicted octanol–water partition coefficient (Wildman–Crippen LogP) is 0.0751. The van der Waals surface area contributed by atoms with Crippen LogP contribution >= 0.6 is 0 Å². The third-order valence-electron chi connectivity index (χ3n) is 3.52. The van der Waals surface area contributed by atoms with Gasteiger partial charge in [0.05, 0.1) is 0 Å². The Labute approximate surface area is 104 Å². The van der Waals surface area contributed by atoms with E-state index in [0.717, 1.165) is 26.1 Å². The van der Waals surface area contributed by atoms with Crippen molar-refractivity contribution in [3.63, 3.8) is 0 Å². The van der Waals surface area contributed by atoms with Gasteiger partial charge in [-0.3, -0.25) is 9.69 Å². The summed E-state index contributed by atoms with van der Waals surface area (Å²) >= 11 is 0. The van der Waals surface area contributed by atoms with E-state index in [1.807, 2.05) is 6.92 Å². The summed E-state index contributed by atoms with van der Waals surface area (Å²) in [5.41, 5.74) is 0. The van der Waals surface area contributed by atoms with Crippen molar-refractivity contribution in [1.29, 1.82) is 0 Å². The lowest BCUT2D eigenvalue weighted by Crippen LogP contribution is -2.55. The van der Waals surface area contributed by atoms with Gasteiger partial charge in [-0.2, -0.15) is 0 Å². The fourth-order valence-corrected chi connectivity index (χ4v) is 2.35. The van der Waals surface area contributed by atoms with Crippen LogP contribution in [0.5, 0.6) is 0 Å². The smallest absolute Gasteiger partial charge is 0.322 e. The van der Waals surface area contributed by atoms with Gasteiger partial charge < -0.3 is 15.3 Å². The molecule has 5 heteroatoms. The Morgan fingerprint density at radius 3 is 2.71 bits per heavy atom. The second-order valence-corrected chi connectivity index (χ2v) is 4.75. The van der Waals surface area contributed by atoms with Crippen LogP contribution in [0.2, 0.25) is 0 Å². The van der Waals surface area contributed by atoms with E-state index in [-0.39, 0.29) is 0 Å². The lowest BCUT2D eigenvalue weighted by molar-refractivity contribution is -0.140. The first-order chi connectivity index (χ1) is 8.08. The minimum atomic E-state index is -0.751. The van der Waals surface area contributed by atoms with Crippen LogP contribution < -0.4 is 5.32 Å². The highest BCUT2D eigenvalue weighted by Crippen LogP contribution is 2.10. The normalized spacial score (nSPS) is 24.8. The zero-order valence-electron chi connectivity index (χ0n) is 11.1. The molecule has 100 valence electrons. The monoisotopic (exact) mass is 243 g/mol. The maximum atomic E-state index is 11.1. The van der Waals surface area contributed by atoms with Gasteiger partial charge in [0.15, 0.2) is 0 Å². The summed E-state index contributed by atoms with van der Waals surface area (Å²) in [6.45, 7) is 8.38. The van der Waals surface area contributed by atoms with Crippen molar-refractivity contribution in [3.05, 3.63) is 0 Å². The molecule has 2 atom stereocenters. The number of likely N-dealkylation sites (N-methyl/N-ethyl adjacent to an activating group) is 2. The Morgan fingerprint density at radius 1 is 1.47 bits per heavy atom. The highest BCUT2D eigenvalue weighted by molar-refractivity contribution is 5.73. The van der Waals surface area contributed by atoms with Crippen molar-refractivity contribution in [2.75, 3.05) is 39.8 Å². The molecule has 0 radical (unpaired) electrons. The van der Waals surface area contributed by atoms with Gasteiger partial charge in [0.25, 0.3) is 0 Å². The summed E-state index contributed by atoms with van der Waals surface area (Å²) in [6, 6.07) is 0.112. The maximum Gasteiger partial charge on any atom is 0.322 e. The number of carboxylic acids is 1. The zero-order chi connectivity index (χ0) is 12.8. The summed E-state index contributed by atoms with van der Waals surface area (Å²) < 4.78 is 0. The molecule has 1 aliphatic heterocycles. The number of hydrogen-bond donors (Lipinski definition) is 2. The highest BCUT2D eigenvalue weighted by Gasteiger charge is 2.26. The molecule has 0 amide bonds. The summed E-state index contributed by atoms with van der Waals surface area (Å²) in [5, 5.41) is 12.1. The van der Waals surface area contributed by atoms with Crippen molar-refractivity contribution in [1.82, 2.24) is 15.1 Å². The van der Waals surface area contributed by atoms with E-state index in [1.54, 1.807) is 0 Å². The van der Waals surface area contributed by atoms with E-state index in [0.29, 0.717) is 19.1 Å². The number of carbonyl (C=O) groups is 1. The van der Waals surface area contributed by atoms with Crippen LogP contribution in [0.25, 0.3) is 0 Å². The minimum absolute atomic E-state index is 0.444. The lowest BCUT2D eigenvalue weighted by atomic mass is 10.1. The zero-order valence-corrected chi connectivity index (χ0v) is 11.1. The molecule has 0 aromatic rings. The molecule has 1 fully saturated rings. The molecular formula is C12H25N3O2. The molecule has 17 heavy (non-hydrogen) atoms. The first-order valence-electron chi connectivity index (χ1n) is 6.47. The lowest BCUT2D eigenvalue weighted by Gasteiger charge is -2.40. The molecule has 1 heterocycles. The van der Waals surface area contributed by atoms with Crippen LogP contribution in [0.1, 0.15) is 20.3 Å². The van der Waals surface area contributed by atoms with Crippen LogP contribution in [0.3, 0.4) is 0 Å². The van der Waals surface area contributed by atoms with E-state index in [9.17, 15) is 4.79 Å². The number of hydrogen-bond acceptors (Lipinski definition) is 4. The second kappa shape index (κ2) is 6.93. The molecule has 5 nitrogen and oxygen atoms in total. The Balaban J connectivity index is 2.47. The molecular weight excluding hydrogens is 218 g/mol. The number of carboxylic acid groups (broad SMARTS) is 1. The number of aliphatic carboxylic acids is 1. The largest absolute Gasteiger partial charge is 0.480 e. The second-order valence-electron chi connectivity index (χ2n) is 4.75. The summed E-state index contributed by atoms with van der Waals surface area (Å²) in [4.78, 5) is 15.7. The fraction of sp³-hybridized carbons (Fsp3) is 0.917. The van der Waals surface area contributed by atoms with Gasteiger partial charge in [0.1, 0.15) is 6.04 Å². The molecule has 0 aliphatic carbocycles. The third-order valence-corrected chi connectivity index (χ3v) is 3.52. The maximum absolute atomic E-state index is 11.1. The van der Waals surface area contributed by atoms with Gasteiger partial charge in [-0.1, -0.05) is 13.8 Å². The van der Waals surface area contributed by atoms with Gasteiger partial charge >= 0.3 is 5.97 Å². The molecule has 2 unspecified atom stereocenters. The van der Waals surface area contributed by atoms with Crippen molar-refractivity contribution >= 4 is 5.97 Å². The van der Waals surface area contributed by atoms with E-state index >= 15 is 0 Å². The SMILES string of the molecule is CCNC(CN1CCN(C)C(CC)C1)C(=O)O. The van der Waals surface area contributed by atoms with Crippen molar-refractivity contribution in [2.45, 2.75) is 32.4 Å². The Hall–Kier alpha value is -0.650. The van der Waals surface area contributed by atoms with Gasteiger partial charge in [-0.15, -0.1) is 0 Å². The van der Waals surface area contributed by atoms with E-state index in [4.69, 9.17) is 5.11 Å². The fourth-order valence-electron chi connectivity index (χ4n) is 2.35. The topological polar surface area (TPSA) is 55.8 Å². The van der Waals surface area contributed by atoms with Crippen LogP contribution in [0, 0.1) is 0 Å². The van der Waals surface area contributed by atoms with Gasteiger partial charge in [0, 0.05) is 32.2 Å². The third kappa shape index (κ3) is 4.26. The summed E-state index contributed by atoms with van der Waals surface area (Å²) in [7, 11) is 2.14. The minimum Gasteiger partial charge on any atom is -0.480 e. The molecule has 2 N–H and O–H groups in total. The summed E-state index contributed by atoms with van der Waals surface area (Å²) in [6.07, 6.45) is 1.12. The first kappa shape index (κ1) is 14.4. The van der Waals surface area contributed by atoms with E-state index < -0.39 is 12.0 Å². The molecule has 0 bridgehead atoms. The average molecular weight is 243 g/mol. The summed E-state index contributed by atoms with van der Waals surface area (Å²) in [5.74, 6) is -0.751. The van der Waals surface area contributed by atoms with Gasteiger partial charge in [0.2, 0.25) is 0 Å². The predicted molar refractivity (Wildman–Crippen MR) is 68.2 cm³/mol. The number of rotatable bonds is 6. The molecule has 0 saturated carbocycles. The van der Waals surface area contributed by atoms with Gasteiger partial charge in [-0.25, -0.2) is 0 Å². The molecule has 1 aliphatic rings. The van der Waals surface area contributed by atoms with E-state index in [2.05, 4.69) is 29.1 Å². The Kier molecular flexibility index (Phi) is 5.88. The number of nitrogens with zero attached hydrogens (tertiary/aromatic N) is 2. The van der Waals surface area contributed by atoms with Crippen LogP contribution in [0.15, 0.2) is 0 Å². The molecule has 1 saturated heterocycles. The van der Waals surface area contributed by atoms with Crippen molar-refractivity contribution in [2.24, 2.45) is 0 Å². The molecule has 1 rings (SSSR count). The highest BCUT2D eigenvalue weighted by atomic mass is 16.4. The van der Waals surface area contributed by atoms with E-state index in [1.165, 1.54) is 0 Å². The van der Waals surface area contributed by atoms with Crippen molar-refractivity contribution in [3.8, 4) is 0 Å². The first-order valence-corrected chi connectivity index (χ1v) is 6.47.